The number of nitrogens with zero attached hydrogens (tertiary/aromatic N) is 2. The van der Waals surface area contributed by atoms with E-state index in [1.807, 2.05) is 13.0 Å². The maximum absolute atomic E-state index is 13.3. The minimum atomic E-state index is -1.05. The average Bonchev–Trinajstić information content (AvgIpc) is 2.76. The number of carbonyl (C=O) groups excluding carboxylic acids is 3. The molecule has 2 aromatic carbocycles. The molecule has 3 rings (SSSR count). The standard InChI is InChI=1S/C22H25ClN4O3/c1-15-4-2-5-17(14-15)22(30)27-13-3-12-26(20(27)19(28)25-11-10-24)21(29)16-6-8-18(23)9-7-16/h2,4-9,14,20H,3,10-13,24H2,1H3,(H,25,28). The number of amides is 3. The molecule has 30 heavy (non-hydrogen) atoms. The molecule has 0 aliphatic carbocycles. The highest BCUT2D eigenvalue weighted by molar-refractivity contribution is 6.30. The highest BCUT2D eigenvalue weighted by atomic mass is 35.5. The molecule has 3 amide bonds. The van der Waals surface area contributed by atoms with Crippen molar-refractivity contribution in [2.75, 3.05) is 26.2 Å². The first-order chi connectivity index (χ1) is 14.4. The molecule has 1 unspecified atom stereocenters. The summed E-state index contributed by atoms with van der Waals surface area (Å²) in [5.41, 5.74) is 7.34. The summed E-state index contributed by atoms with van der Waals surface area (Å²) in [6.07, 6.45) is -0.487. The van der Waals surface area contributed by atoms with E-state index < -0.39 is 12.1 Å². The highest BCUT2D eigenvalue weighted by Crippen LogP contribution is 2.22. The van der Waals surface area contributed by atoms with E-state index in [0.717, 1.165) is 5.56 Å². The van der Waals surface area contributed by atoms with Crippen LogP contribution in [-0.4, -0.2) is 59.9 Å². The molecule has 8 heteroatoms. The van der Waals surface area contributed by atoms with Gasteiger partial charge in [0.15, 0.2) is 6.17 Å². The molecule has 1 aliphatic heterocycles. The van der Waals surface area contributed by atoms with Gasteiger partial charge in [-0.3, -0.25) is 14.4 Å². The topological polar surface area (TPSA) is 95.7 Å². The Labute approximate surface area is 180 Å². The molecule has 0 bridgehead atoms. The van der Waals surface area contributed by atoms with Gasteiger partial charge in [-0.15, -0.1) is 0 Å². The van der Waals surface area contributed by atoms with Gasteiger partial charge in [-0.25, -0.2) is 0 Å². The molecule has 0 spiro atoms. The van der Waals surface area contributed by atoms with Crippen LogP contribution in [0.1, 0.15) is 32.7 Å². The van der Waals surface area contributed by atoms with Crippen LogP contribution in [0.25, 0.3) is 0 Å². The predicted molar refractivity (Wildman–Crippen MR) is 115 cm³/mol. The molecular formula is C22H25ClN4O3. The first kappa shape index (κ1) is 21.8. The zero-order valence-electron chi connectivity index (χ0n) is 16.8. The van der Waals surface area contributed by atoms with Gasteiger partial charge < -0.3 is 20.9 Å². The van der Waals surface area contributed by atoms with Gasteiger partial charge in [0.25, 0.3) is 17.7 Å². The Bertz CT molecular complexity index is 932. The first-order valence-corrected chi connectivity index (χ1v) is 10.2. The van der Waals surface area contributed by atoms with E-state index in [1.54, 1.807) is 42.5 Å². The van der Waals surface area contributed by atoms with E-state index in [-0.39, 0.29) is 24.9 Å². The molecule has 1 saturated heterocycles. The average molecular weight is 429 g/mol. The fraction of sp³-hybridized carbons (Fsp3) is 0.318. The molecule has 1 fully saturated rings. The molecular weight excluding hydrogens is 404 g/mol. The number of aryl methyl sites for hydroxylation is 1. The number of benzene rings is 2. The van der Waals surface area contributed by atoms with Crippen molar-refractivity contribution in [3.63, 3.8) is 0 Å². The maximum atomic E-state index is 13.3. The second-order valence-electron chi connectivity index (χ2n) is 7.18. The monoisotopic (exact) mass is 428 g/mol. The van der Waals surface area contributed by atoms with Gasteiger partial charge in [0, 0.05) is 42.3 Å². The second-order valence-corrected chi connectivity index (χ2v) is 7.62. The number of hydrogen-bond donors (Lipinski definition) is 2. The Balaban J connectivity index is 1.94. The van der Waals surface area contributed by atoms with Crippen molar-refractivity contribution in [3.05, 3.63) is 70.2 Å². The van der Waals surface area contributed by atoms with Crippen LogP contribution in [0.3, 0.4) is 0 Å². The molecule has 158 valence electrons. The van der Waals surface area contributed by atoms with E-state index in [2.05, 4.69) is 5.32 Å². The zero-order chi connectivity index (χ0) is 21.7. The van der Waals surface area contributed by atoms with E-state index in [9.17, 15) is 14.4 Å². The summed E-state index contributed by atoms with van der Waals surface area (Å²) in [7, 11) is 0. The largest absolute Gasteiger partial charge is 0.351 e. The zero-order valence-corrected chi connectivity index (χ0v) is 17.6. The van der Waals surface area contributed by atoms with E-state index in [4.69, 9.17) is 17.3 Å². The molecule has 3 N–H and O–H groups in total. The van der Waals surface area contributed by atoms with Gasteiger partial charge in [0.1, 0.15) is 0 Å². The lowest BCUT2D eigenvalue weighted by molar-refractivity contribution is -0.132. The Hall–Kier alpha value is -2.90. The summed E-state index contributed by atoms with van der Waals surface area (Å²) >= 11 is 5.93. The van der Waals surface area contributed by atoms with Crippen molar-refractivity contribution in [1.82, 2.24) is 15.1 Å². The number of rotatable bonds is 5. The summed E-state index contributed by atoms with van der Waals surface area (Å²) in [5, 5.41) is 3.24. The van der Waals surface area contributed by atoms with Crippen LogP contribution in [0.15, 0.2) is 48.5 Å². The van der Waals surface area contributed by atoms with Crippen molar-refractivity contribution >= 4 is 29.3 Å². The molecule has 1 aliphatic rings. The minimum Gasteiger partial charge on any atom is -0.351 e. The Morgan fingerprint density at radius 3 is 2.27 bits per heavy atom. The van der Waals surface area contributed by atoms with Crippen LogP contribution < -0.4 is 11.1 Å². The Morgan fingerprint density at radius 1 is 1.03 bits per heavy atom. The molecule has 2 aromatic rings. The molecule has 0 radical (unpaired) electrons. The number of nitrogens with one attached hydrogen (secondary N) is 1. The van der Waals surface area contributed by atoms with E-state index in [0.29, 0.717) is 35.7 Å². The molecule has 0 aromatic heterocycles. The molecule has 7 nitrogen and oxygen atoms in total. The SMILES string of the molecule is Cc1cccc(C(=O)N2CCCN(C(=O)c3ccc(Cl)cc3)C2C(=O)NCCN)c1. The van der Waals surface area contributed by atoms with Crippen LogP contribution in [0.2, 0.25) is 5.02 Å². The van der Waals surface area contributed by atoms with Crippen molar-refractivity contribution in [3.8, 4) is 0 Å². The number of carbonyl (C=O) groups is 3. The fourth-order valence-corrected chi connectivity index (χ4v) is 3.65. The fourth-order valence-electron chi connectivity index (χ4n) is 3.52. The minimum absolute atomic E-state index is 0.255. The lowest BCUT2D eigenvalue weighted by Crippen LogP contribution is -2.63. The maximum Gasteiger partial charge on any atom is 0.263 e. The van der Waals surface area contributed by atoms with E-state index >= 15 is 0 Å². The van der Waals surface area contributed by atoms with Crippen LogP contribution >= 0.6 is 11.6 Å². The van der Waals surface area contributed by atoms with Crippen LogP contribution in [0.5, 0.6) is 0 Å². The quantitative estimate of drug-likeness (QED) is 0.761. The van der Waals surface area contributed by atoms with E-state index in [1.165, 1.54) is 9.80 Å². The van der Waals surface area contributed by atoms with Crippen molar-refractivity contribution in [1.29, 1.82) is 0 Å². The first-order valence-electron chi connectivity index (χ1n) is 9.84. The smallest absolute Gasteiger partial charge is 0.263 e. The van der Waals surface area contributed by atoms with Crippen LogP contribution in [-0.2, 0) is 4.79 Å². The number of halogens is 1. The van der Waals surface area contributed by atoms with Crippen molar-refractivity contribution < 1.29 is 14.4 Å². The Kier molecular flexibility index (Phi) is 7.07. The summed E-state index contributed by atoms with van der Waals surface area (Å²) in [6, 6.07) is 13.7. The predicted octanol–water partition coefficient (Wildman–Crippen LogP) is 2.04. The van der Waals surface area contributed by atoms with Crippen molar-refractivity contribution in [2.45, 2.75) is 19.5 Å². The third-order valence-electron chi connectivity index (χ3n) is 4.94. The molecule has 0 saturated carbocycles. The van der Waals surface area contributed by atoms with Gasteiger partial charge in [-0.05, 0) is 49.7 Å². The van der Waals surface area contributed by atoms with Gasteiger partial charge in [-0.1, -0.05) is 29.3 Å². The lowest BCUT2D eigenvalue weighted by atomic mass is 10.1. The third-order valence-corrected chi connectivity index (χ3v) is 5.20. The Morgan fingerprint density at radius 2 is 1.67 bits per heavy atom. The summed E-state index contributed by atoms with van der Waals surface area (Å²) < 4.78 is 0. The summed E-state index contributed by atoms with van der Waals surface area (Å²) in [4.78, 5) is 42.3. The normalized spacial score (nSPS) is 16.3. The van der Waals surface area contributed by atoms with Gasteiger partial charge in [0.2, 0.25) is 0 Å². The molecule has 1 heterocycles. The van der Waals surface area contributed by atoms with Crippen LogP contribution in [0, 0.1) is 6.92 Å². The lowest BCUT2D eigenvalue weighted by Gasteiger charge is -2.42. The van der Waals surface area contributed by atoms with Gasteiger partial charge >= 0.3 is 0 Å². The number of hydrogen-bond acceptors (Lipinski definition) is 4. The summed E-state index contributed by atoms with van der Waals surface area (Å²) in [6.45, 7) is 3.15. The van der Waals surface area contributed by atoms with Gasteiger partial charge in [0.05, 0.1) is 0 Å². The second kappa shape index (κ2) is 9.73. The third kappa shape index (κ3) is 4.80. The number of nitrogens with two attached hydrogens (primary N) is 1. The van der Waals surface area contributed by atoms with Crippen LogP contribution in [0.4, 0.5) is 0 Å². The molecule has 1 atom stereocenters. The highest BCUT2D eigenvalue weighted by Gasteiger charge is 2.40. The van der Waals surface area contributed by atoms with Crippen molar-refractivity contribution in [2.24, 2.45) is 5.73 Å². The summed E-state index contributed by atoms with van der Waals surface area (Å²) in [5.74, 6) is -1.05. The van der Waals surface area contributed by atoms with Gasteiger partial charge in [-0.2, -0.15) is 0 Å².